The molecule has 0 amide bonds. The molecule has 1 atom stereocenters. The minimum Gasteiger partial charge on any atom is -0.388 e. The van der Waals surface area contributed by atoms with Gasteiger partial charge < -0.3 is 5.11 Å². The monoisotopic (exact) mass is 237 g/mol. The average molecular weight is 238 g/mol. The van der Waals surface area contributed by atoms with E-state index >= 15 is 0 Å². The highest BCUT2D eigenvalue weighted by Gasteiger charge is 2.23. The first-order valence-corrected chi connectivity index (χ1v) is 4.90. The molecule has 0 saturated carbocycles. The Kier molecular flexibility index (Phi) is 2.10. The molecule has 2 rings (SSSR count). The van der Waals surface area contributed by atoms with Crippen LogP contribution in [0.5, 0.6) is 0 Å². The van der Waals surface area contributed by atoms with Crippen molar-refractivity contribution in [3.05, 3.63) is 39.1 Å². The standard InChI is InChI=1S/C10H8BrNO/c1-12-8-4-2-6-7(10(8)11)3-5-9(6)13/h2,4,9,13H,3,5H2/t9-/m0/s1. The van der Waals surface area contributed by atoms with Crippen LogP contribution in [0, 0.1) is 6.57 Å². The van der Waals surface area contributed by atoms with Crippen molar-refractivity contribution < 1.29 is 5.11 Å². The van der Waals surface area contributed by atoms with Gasteiger partial charge in [0.2, 0.25) is 5.69 Å². The number of aliphatic hydroxyl groups is 1. The molecule has 0 unspecified atom stereocenters. The number of rotatable bonds is 0. The van der Waals surface area contributed by atoms with Gasteiger partial charge in [-0.1, -0.05) is 28.1 Å². The van der Waals surface area contributed by atoms with Crippen LogP contribution in [0.4, 0.5) is 5.69 Å². The Morgan fingerprint density at radius 3 is 3.00 bits per heavy atom. The van der Waals surface area contributed by atoms with Crippen LogP contribution in [-0.2, 0) is 6.42 Å². The lowest BCUT2D eigenvalue weighted by Crippen LogP contribution is -1.89. The zero-order chi connectivity index (χ0) is 9.42. The molecule has 1 aromatic carbocycles. The molecule has 0 bridgehead atoms. The molecule has 3 heteroatoms. The van der Waals surface area contributed by atoms with E-state index in [-0.39, 0.29) is 6.10 Å². The first-order chi connectivity index (χ1) is 6.24. The number of aliphatic hydroxyl groups excluding tert-OH is 1. The van der Waals surface area contributed by atoms with Crippen molar-refractivity contribution in [2.45, 2.75) is 18.9 Å². The summed E-state index contributed by atoms with van der Waals surface area (Å²) in [6, 6.07) is 3.61. The van der Waals surface area contributed by atoms with Crippen molar-refractivity contribution >= 4 is 21.6 Å². The summed E-state index contributed by atoms with van der Waals surface area (Å²) in [5.41, 5.74) is 2.70. The second kappa shape index (κ2) is 3.13. The van der Waals surface area contributed by atoms with Gasteiger partial charge in [0.15, 0.2) is 0 Å². The summed E-state index contributed by atoms with van der Waals surface area (Å²) in [7, 11) is 0. The molecule has 1 aromatic rings. The first kappa shape index (κ1) is 8.74. The molecule has 0 radical (unpaired) electrons. The minimum atomic E-state index is -0.342. The molecule has 0 aliphatic heterocycles. The molecule has 0 aromatic heterocycles. The highest BCUT2D eigenvalue weighted by atomic mass is 79.9. The number of halogens is 1. The summed E-state index contributed by atoms with van der Waals surface area (Å²) in [6.07, 6.45) is 1.29. The number of nitrogens with zero attached hydrogens (tertiary/aromatic N) is 1. The van der Waals surface area contributed by atoms with Gasteiger partial charge in [-0.25, -0.2) is 4.85 Å². The van der Waals surface area contributed by atoms with E-state index in [9.17, 15) is 5.11 Å². The summed E-state index contributed by atoms with van der Waals surface area (Å²) in [5.74, 6) is 0. The molecular weight excluding hydrogens is 230 g/mol. The molecule has 0 saturated heterocycles. The zero-order valence-electron chi connectivity index (χ0n) is 6.92. The molecule has 1 aliphatic rings. The van der Waals surface area contributed by atoms with E-state index in [1.165, 1.54) is 0 Å². The Labute approximate surface area is 85.1 Å². The van der Waals surface area contributed by atoms with Crippen LogP contribution in [0.25, 0.3) is 4.85 Å². The van der Waals surface area contributed by atoms with E-state index in [1.54, 1.807) is 6.07 Å². The van der Waals surface area contributed by atoms with Crippen LogP contribution in [0.2, 0.25) is 0 Å². The summed E-state index contributed by atoms with van der Waals surface area (Å²) in [4.78, 5) is 3.39. The van der Waals surface area contributed by atoms with Crippen molar-refractivity contribution in [2.75, 3.05) is 0 Å². The van der Waals surface area contributed by atoms with E-state index in [1.807, 2.05) is 6.07 Å². The first-order valence-electron chi connectivity index (χ1n) is 4.11. The van der Waals surface area contributed by atoms with Gasteiger partial charge in [0.05, 0.1) is 12.7 Å². The summed E-state index contributed by atoms with van der Waals surface area (Å²) in [6.45, 7) is 6.93. The second-order valence-electron chi connectivity index (χ2n) is 3.13. The molecular formula is C10H8BrNO. The predicted octanol–water partition coefficient (Wildman–Crippen LogP) is 2.98. The third-order valence-electron chi connectivity index (χ3n) is 2.41. The van der Waals surface area contributed by atoms with Crippen LogP contribution in [0.1, 0.15) is 23.7 Å². The van der Waals surface area contributed by atoms with E-state index in [0.717, 1.165) is 28.4 Å². The Morgan fingerprint density at radius 2 is 2.31 bits per heavy atom. The average Bonchev–Trinajstić information content (AvgIpc) is 2.50. The Morgan fingerprint density at radius 1 is 1.54 bits per heavy atom. The SMILES string of the molecule is [C-]#[N+]c1ccc2c(c1Br)CC[C@@H]2O. The fourth-order valence-corrected chi connectivity index (χ4v) is 2.36. The number of hydrogen-bond donors (Lipinski definition) is 1. The van der Waals surface area contributed by atoms with Gasteiger partial charge in [-0.2, -0.15) is 0 Å². The lowest BCUT2D eigenvalue weighted by Gasteiger charge is -2.05. The van der Waals surface area contributed by atoms with Gasteiger partial charge in [-0.15, -0.1) is 0 Å². The molecule has 66 valence electrons. The van der Waals surface area contributed by atoms with Crippen molar-refractivity contribution in [1.82, 2.24) is 0 Å². The minimum absolute atomic E-state index is 0.342. The highest BCUT2D eigenvalue weighted by molar-refractivity contribution is 9.10. The lowest BCUT2D eigenvalue weighted by molar-refractivity contribution is 0.180. The largest absolute Gasteiger partial charge is 0.388 e. The van der Waals surface area contributed by atoms with Crippen molar-refractivity contribution in [1.29, 1.82) is 0 Å². The van der Waals surface area contributed by atoms with E-state index in [2.05, 4.69) is 20.8 Å². The van der Waals surface area contributed by atoms with Gasteiger partial charge in [0.25, 0.3) is 0 Å². The van der Waals surface area contributed by atoms with Crippen LogP contribution in [0.15, 0.2) is 16.6 Å². The van der Waals surface area contributed by atoms with Gasteiger partial charge in [0, 0.05) is 4.47 Å². The van der Waals surface area contributed by atoms with Crippen LogP contribution in [0.3, 0.4) is 0 Å². The topological polar surface area (TPSA) is 24.6 Å². The number of fused-ring (bicyclic) bond motifs is 1. The van der Waals surface area contributed by atoms with Crippen molar-refractivity contribution in [2.24, 2.45) is 0 Å². The Bertz CT molecular complexity index is 395. The third-order valence-corrected chi connectivity index (χ3v) is 3.29. The fourth-order valence-electron chi connectivity index (χ4n) is 1.71. The summed E-state index contributed by atoms with van der Waals surface area (Å²) >= 11 is 3.40. The van der Waals surface area contributed by atoms with Gasteiger partial charge in [-0.3, -0.25) is 0 Å². The van der Waals surface area contributed by atoms with Crippen molar-refractivity contribution in [3.63, 3.8) is 0 Å². The molecule has 0 heterocycles. The van der Waals surface area contributed by atoms with Crippen LogP contribution < -0.4 is 0 Å². The summed E-state index contributed by atoms with van der Waals surface area (Å²) in [5, 5.41) is 9.57. The van der Waals surface area contributed by atoms with E-state index in [0.29, 0.717) is 5.69 Å². The number of benzene rings is 1. The molecule has 13 heavy (non-hydrogen) atoms. The predicted molar refractivity (Wildman–Crippen MR) is 53.7 cm³/mol. The fraction of sp³-hybridized carbons (Fsp3) is 0.300. The summed E-state index contributed by atoms with van der Waals surface area (Å²) < 4.78 is 0.858. The van der Waals surface area contributed by atoms with E-state index < -0.39 is 0 Å². The number of hydrogen-bond acceptors (Lipinski definition) is 1. The normalized spacial score (nSPS) is 19.6. The lowest BCUT2D eigenvalue weighted by atomic mass is 10.1. The van der Waals surface area contributed by atoms with Gasteiger partial charge in [-0.05, 0) is 24.0 Å². The highest BCUT2D eigenvalue weighted by Crippen LogP contribution is 2.40. The molecule has 0 fully saturated rings. The van der Waals surface area contributed by atoms with Crippen molar-refractivity contribution in [3.8, 4) is 0 Å². The Hall–Kier alpha value is -0.850. The van der Waals surface area contributed by atoms with E-state index in [4.69, 9.17) is 6.57 Å². The molecule has 1 N–H and O–H groups in total. The molecule has 2 nitrogen and oxygen atoms in total. The molecule has 0 spiro atoms. The van der Waals surface area contributed by atoms with Gasteiger partial charge >= 0.3 is 0 Å². The quantitative estimate of drug-likeness (QED) is 0.690. The maximum Gasteiger partial charge on any atom is 0.201 e. The zero-order valence-corrected chi connectivity index (χ0v) is 8.50. The maximum absolute atomic E-state index is 9.57. The van der Waals surface area contributed by atoms with Gasteiger partial charge in [0.1, 0.15) is 0 Å². The Balaban J connectivity index is 2.62. The maximum atomic E-state index is 9.57. The second-order valence-corrected chi connectivity index (χ2v) is 3.93. The smallest absolute Gasteiger partial charge is 0.201 e. The third kappa shape index (κ3) is 1.27. The molecule has 1 aliphatic carbocycles. The van der Waals surface area contributed by atoms with Crippen LogP contribution in [-0.4, -0.2) is 5.11 Å². The van der Waals surface area contributed by atoms with Crippen LogP contribution >= 0.6 is 15.9 Å².